The van der Waals surface area contributed by atoms with Crippen molar-refractivity contribution >= 4 is 28.5 Å². The Kier molecular flexibility index (Phi) is 18.2. The molecule has 2 fully saturated rings. The number of anilines is 1. The van der Waals surface area contributed by atoms with E-state index in [1.807, 2.05) is 20.3 Å². The highest BCUT2D eigenvalue weighted by Gasteiger charge is 2.28. The molecule has 54 heavy (non-hydrogen) atoms. The Labute approximate surface area is 315 Å². The van der Waals surface area contributed by atoms with Crippen LogP contribution >= 0.6 is 0 Å². The molecular formula is C37H56FN7O9. The van der Waals surface area contributed by atoms with Gasteiger partial charge in [0.05, 0.1) is 83.5 Å². The number of ether oxygens (including phenoxy) is 5. The number of fused-ring (bicyclic) bond motifs is 1. The first-order valence-electron chi connectivity index (χ1n) is 18.7. The van der Waals surface area contributed by atoms with E-state index in [0.29, 0.717) is 103 Å². The van der Waals surface area contributed by atoms with Gasteiger partial charge in [0.1, 0.15) is 17.1 Å². The van der Waals surface area contributed by atoms with E-state index in [9.17, 15) is 23.9 Å². The van der Waals surface area contributed by atoms with Crippen LogP contribution in [0.2, 0.25) is 0 Å². The Balaban J connectivity index is 0.000000245. The number of nitrogens with zero attached hydrogens (tertiary/aromatic N) is 5. The van der Waals surface area contributed by atoms with E-state index in [1.54, 1.807) is 13.1 Å². The number of aromatic carboxylic acids is 1. The van der Waals surface area contributed by atoms with Gasteiger partial charge in [0.2, 0.25) is 11.3 Å². The van der Waals surface area contributed by atoms with Crippen LogP contribution in [0.4, 0.5) is 10.1 Å². The van der Waals surface area contributed by atoms with Gasteiger partial charge in [-0.2, -0.15) is 0 Å². The highest BCUT2D eigenvalue weighted by atomic mass is 19.1. The van der Waals surface area contributed by atoms with Gasteiger partial charge in [0.15, 0.2) is 0 Å². The SMILES string of the molecule is CNC(=O)CCOCCOCCOCCOCCOCc1cn(CCC(C)C)nn1.O=C(O)c1cn(C2CC2)c2cc(N3CCNCC3)c(F)cc2c1=O. The largest absolute Gasteiger partial charge is 0.477 e. The van der Waals surface area contributed by atoms with Gasteiger partial charge < -0.3 is 48.9 Å². The number of carboxylic acid groups (broad SMARTS) is 1. The van der Waals surface area contributed by atoms with Crippen molar-refractivity contribution in [1.82, 2.24) is 30.2 Å². The maximum Gasteiger partial charge on any atom is 0.341 e. The van der Waals surface area contributed by atoms with E-state index in [0.717, 1.165) is 44.6 Å². The van der Waals surface area contributed by atoms with Gasteiger partial charge in [-0.3, -0.25) is 14.3 Å². The zero-order valence-corrected chi connectivity index (χ0v) is 31.7. The van der Waals surface area contributed by atoms with Gasteiger partial charge in [-0.15, -0.1) is 5.10 Å². The van der Waals surface area contributed by atoms with Gasteiger partial charge in [-0.1, -0.05) is 19.1 Å². The molecule has 0 spiro atoms. The summed E-state index contributed by atoms with van der Waals surface area (Å²) < 4.78 is 45.4. The Morgan fingerprint density at radius 1 is 0.944 bits per heavy atom. The van der Waals surface area contributed by atoms with E-state index >= 15 is 0 Å². The molecule has 3 aromatic rings. The van der Waals surface area contributed by atoms with Gasteiger partial charge in [0, 0.05) is 63.8 Å². The molecule has 0 radical (unpaired) electrons. The second kappa shape index (κ2) is 23.0. The molecule has 0 bridgehead atoms. The van der Waals surface area contributed by atoms with Crippen molar-refractivity contribution in [2.24, 2.45) is 5.92 Å². The Morgan fingerprint density at radius 2 is 1.56 bits per heavy atom. The van der Waals surface area contributed by atoms with Crippen LogP contribution in [0.5, 0.6) is 0 Å². The van der Waals surface area contributed by atoms with Crippen molar-refractivity contribution in [2.75, 3.05) is 97.6 Å². The molecule has 16 nitrogen and oxygen atoms in total. The fraction of sp³-hybridized carbons (Fsp3) is 0.649. The summed E-state index contributed by atoms with van der Waals surface area (Å²) in [6, 6.07) is 3.08. The van der Waals surface area contributed by atoms with Crippen LogP contribution in [-0.2, 0) is 41.6 Å². The molecule has 1 aliphatic carbocycles. The Bertz CT molecular complexity index is 1660. The predicted molar refractivity (Wildman–Crippen MR) is 200 cm³/mol. The van der Waals surface area contributed by atoms with Crippen molar-refractivity contribution in [3.63, 3.8) is 0 Å². The third-order valence-corrected chi connectivity index (χ3v) is 8.74. The topological polar surface area (TPSA) is 181 Å². The van der Waals surface area contributed by atoms with Crippen LogP contribution in [0, 0.1) is 11.7 Å². The zero-order chi connectivity index (χ0) is 38.7. The molecule has 1 amide bonds. The second-order valence-corrected chi connectivity index (χ2v) is 13.5. The number of hydrogen-bond donors (Lipinski definition) is 3. The number of halogens is 1. The molecule has 0 atom stereocenters. The summed E-state index contributed by atoms with van der Waals surface area (Å²) in [4.78, 5) is 36.7. The smallest absolute Gasteiger partial charge is 0.341 e. The van der Waals surface area contributed by atoms with Crippen LogP contribution in [0.1, 0.15) is 61.6 Å². The molecule has 1 aliphatic heterocycles. The summed E-state index contributed by atoms with van der Waals surface area (Å²) in [5, 5.41) is 23.4. The average molecular weight is 762 g/mol. The summed E-state index contributed by atoms with van der Waals surface area (Å²) in [5.41, 5.74) is 0.992. The summed E-state index contributed by atoms with van der Waals surface area (Å²) in [5.74, 6) is -1.14. The minimum absolute atomic E-state index is 0.0281. The first kappa shape index (κ1) is 42.7. The molecule has 1 aromatic carbocycles. The number of pyridine rings is 1. The number of piperazine rings is 1. The highest BCUT2D eigenvalue weighted by Crippen LogP contribution is 2.38. The normalized spacial score (nSPS) is 14.4. The zero-order valence-electron chi connectivity index (χ0n) is 31.7. The third-order valence-electron chi connectivity index (χ3n) is 8.74. The highest BCUT2D eigenvalue weighted by molar-refractivity contribution is 5.93. The van der Waals surface area contributed by atoms with E-state index < -0.39 is 17.2 Å². The molecule has 3 heterocycles. The Morgan fingerprint density at radius 3 is 2.13 bits per heavy atom. The molecule has 2 aliphatic rings. The molecule has 300 valence electrons. The number of carbonyl (C=O) groups excluding carboxylic acids is 1. The van der Waals surface area contributed by atoms with Crippen molar-refractivity contribution in [1.29, 1.82) is 0 Å². The van der Waals surface area contributed by atoms with Crippen molar-refractivity contribution in [2.45, 2.75) is 58.7 Å². The number of benzene rings is 1. The molecular weight excluding hydrogens is 705 g/mol. The van der Waals surface area contributed by atoms with Crippen LogP contribution < -0.4 is 21.0 Å². The first-order chi connectivity index (χ1) is 26.2. The number of amides is 1. The number of hydrogen-bond acceptors (Lipinski definition) is 12. The van der Waals surface area contributed by atoms with E-state index in [-0.39, 0.29) is 22.9 Å². The maximum atomic E-state index is 14.6. The minimum atomic E-state index is -1.28. The van der Waals surface area contributed by atoms with Crippen LogP contribution in [0.15, 0.2) is 29.3 Å². The minimum Gasteiger partial charge on any atom is -0.477 e. The summed E-state index contributed by atoms with van der Waals surface area (Å²) in [7, 11) is 1.61. The summed E-state index contributed by atoms with van der Waals surface area (Å²) in [6.07, 6.45) is 6.67. The Hall–Kier alpha value is -4.00. The van der Waals surface area contributed by atoms with E-state index in [1.165, 1.54) is 12.3 Å². The lowest BCUT2D eigenvalue weighted by Gasteiger charge is -2.30. The summed E-state index contributed by atoms with van der Waals surface area (Å²) >= 11 is 0. The quantitative estimate of drug-likeness (QED) is 0.120. The predicted octanol–water partition coefficient (Wildman–Crippen LogP) is 2.63. The first-order valence-corrected chi connectivity index (χ1v) is 18.7. The number of aromatic nitrogens is 4. The van der Waals surface area contributed by atoms with E-state index in [2.05, 4.69) is 34.8 Å². The number of carboxylic acids is 1. The molecule has 3 N–H and O–H groups in total. The number of rotatable bonds is 23. The molecule has 1 saturated carbocycles. The van der Waals surface area contributed by atoms with Gasteiger partial charge in [-0.05, 0) is 37.3 Å². The lowest BCUT2D eigenvalue weighted by molar-refractivity contribution is -0.121. The van der Waals surface area contributed by atoms with Gasteiger partial charge in [-0.25, -0.2) is 9.18 Å². The van der Waals surface area contributed by atoms with Crippen molar-refractivity contribution in [3.8, 4) is 0 Å². The summed E-state index contributed by atoms with van der Waals surface area (Å²) in [6.45, 7) is 13.0. The fourth-order valence-electron chi connectivity index (χ4n) is 5.56. The number of aryl methyl sites for hydroxylation is 1. The molecule has 1 saturated heterocycles. The van der Waals surface area contributed by atoms with Crippen LogP contribution in [-0.4, -0.2) is 129 Å². The molecule has 5 rings (SSSR count). The lowest BCUT2D eigenvalue weighted by atomic mass is 10.1. The standard InChI is InChI=1S/C20H38N4O6.C17H18FN3O3/c1-18(2)4-6-24-16-19(22-23-24)17-30-15-14-29-13-12-28-11-10-27-9-8-26-7-5-20(25)21-3;18-13-7-11-14(8-15(13)20-5-3-19-4-6-20)21(10-1-2-10)9-12(16(11)22)17(23)24/h16,18H,4-15,17H2,1-3H3,(H,21,25);7-10,19H,1-6H2,(H,23,24). The lowest BCUT2D eigenvalue weighted by Crippen LogP contribution is -2.43. The average Bonchev–Trinajstić information content (AvgIpc) is 3.91. The van der Waals surface area contributed by atoms with Gasteiger partial charge in [0.25, 0.3) is 0 Å². The van der Waals surface area contributed by atoms with Crippen molar-refractivity contribution in [3.05, 3.63) is 51.8 Å². The van der Waals surface area contributed by atoms with Crippen molar-refractivity contribution < 1.29 is 42.8 Å². The second-order valence-electron chi connectivity index (χ2n) is 13.5. The number of nitrogens with one attached hydrogen (secondary N) is 2. The monoisotopic (exact) mass is 761 g/mol. The molecule has 0 unspecified atom stereocenters. The number of carbonyl (C=O) groups is 2. The van der Waals surface area contributed by atoms with Crippen LogP contribution in [0.25, 0.3) is 10.9 Å². The maximum absolute atomic E-state index is 14.6. The van der Waals surface area contributed by atoms with Crippen LogP contribution in [0.3, 0.4) is 0 Å². The molecule has 17 heteroatoms. The molecule has 2 aromatic heterocycles. The fourth-order valence-corrected chi connectivity index (χ4v) is 5.56. The van der Waals surface area contributed by atoms with Gasteiger partial charge >= 0.3 is 5.97 Å². The third kappa shape index (κ3) is 14.3. The van der Waals surface area contributed by atoms with E-state index in [4.69, 9.17) is 23.7 Å².